The Morgan fingerprint density at radius 3 is 2.00 bits per heavy atom. The molecule has 0 heterocycles. The Bertz CT molecular complexity index is 105. The van der Waals surface area contributed by atoms with Crippen LogP contribution in [-0.2, 0) is 0 Å². The summed E-state index contributed by atoms with van der Waals surface area (Å²) in [4.78, 5) is 0. The van der Waals surface area contributed by atoms with Gasteiger partial charge in [-0.3, -0.25) is 0 Å². The van der Waals surface area contributed by atoms with Crippen molar-refractivity contribution in [3.05, 3.63) is 12.3 Å². The van der Waals surface area contributed by atoms with Gasteiger partial charge in [-0.15, -0.1) is 0 Å². The molecule has 0 aliphatic carbocycles. The van der Waals surface area contributed by atoms with Gasteiger partial charge in [0.2, 0.25) is 0 Å². The lowest BCUT2D eigenvalue weighted by molar-refractivity contribution is -0.133. The van der Waals surface area contributed by atoms with Gasteiger partial charge in [0.1, 0.15) is 0 Å². The van der Waals surface area contributed by atoms with Crippen LogP contribution >= 0.6 is 0 Å². The molecule has 1 nitrogen and oxygen atoms in total. The number of hydrogen-bond donors (Lipinski definition) is 1. The quantitative estimate of drug-likeness (QED) is 0.620. The SMILES string of the molecule is C=C(N)CCC(F)(F)F. The number of hydrogen-bond acceptors (Lipinski definition) is 1. The van der Waals surface area contributed by atoms with Crippen molar-refractivity contribution in [2.45, 2.75) is 19.0 Å². The second-order valence-electron chi connectivity index (χ2n) is 1.77. The normalized spacial score (nSPS) is 11.4. The highest BCUT2D eigenvalue weighted by atomic mass is 19.4. The van der Waals surface area contributed by atoms with Crippen LogP contribution in [0, 0.1) is 0 Å². The van der Waals surface area contributed by atoms with Gasteiger partial charge < -0.3 is 5.73 Å². The highest BCUT2D eigenvalue weighted by Gasteiger charge is 2.26. The summed E-state index contributed by atoms with van der Waals surface area (Å²) in [5, 5.41) is 0. The third-order valence-electron chi connectivity index (χ3n) is 0.730. The first-order chi connectivity index (χ1) is 3.92. The van der Waals surface area contributed by atoms with Crippen LogP contribution in [0.15, 0.2) is 12.3 Å². The number of halogens is 3. The molecule has 0 spiro atoms. The Balaban J connectivity index is 3.39. The van der Waals surface area contributed by atoms with Crippen molar-refractivity contribution in [1.29, 1.82) is 0 Å². The largest absolute Gasteiger partial charge is 0.403 e. The van der Waals surface area contributed by atoms with E-state index in [9.17, 15) is 13.2 Å². The fraction of sp³-hybridized carbons (Fsp3) is 0.600. The van der Waals surface area contributed by atoms with Crippen molar-refractivity contribution in [2.24, 2.45) is 5.73 Å². The maximum atomic E-state index is 11.3. The molecule has 0 aliphatic heterocycles. The Hall–Kier alpha value is -0.670. The van der Waals surface area contributed by atoms with Crippen molar-refractivity contribution in [3.8, 4) is 0 Å². The molecule has 0 radical (unpaired) electrons. The zero-order chi connectivity index (χ0) is 7.49. The average molecular weight is 139 g/mol. The maximum absolute atomic E-state index is 11.3. The van der Waals surface area contributed by atoms with Crippen molar-refractivity contribution in [3.63, 3.8) is 0 Å². The standard InChI is InChI=1S/C5H8F3N/c1-4(9)2-3-5(6,7)8/h1-3,9H2. The topological polar surface area (TPSA) is 26.0 Å². The van der Waals surface area contributed by atoms with E-state index in [0.717, 1.165) is 0 Å². The predicted molar refractivity (Wildman–Crippen MR) is 28.6 cm³/mol. The zero-order valence-electron chi connectivity index (χ0n) is 4.83. The van der Waals surface area contributed by atoms with Crippen LogP contribution < -0.4 is 5.73 Å². The van der Waals surface area contributed by atoms with Gasteiger partial charge in [0, 0.05) is 12.1 Å². The molecular weight excluding hydrogens is 131 g/mol. The van der Waals surface area contributed by atoms with Gasteiger partial charge in [0.25, 0.3) is 0 Å². The summed E-state index contributed by atoms with van der Waals surface area (Å²) in [7, 11) is 0. The van der Waals surface area contributed by atoms with Crippen LogP contribution in [0.25, 0.3) is 0 Å². The van der Waals surface area contributed by atoms with Crippen LogP contribution in [0.4, 0.5) is 13.2 Å². The summed E-state index contributed by atoms with van der Waals surface area (Å²) in [6.45, 7) is 3.14. The summed E-state index contributed by atoms with van der Waals surface area (Å²) in [6, 6.07) is 0. The molecule has 54 valence electrons. The van der Waals surface area contributed by atoms with Crippen molar-refractivity contribution in [2.75, 3.05) is 0 Å². The Kier molecular flexibility index (Phi) is 2.55. The van der Waals surface area contributed by atoms with Crippen LogP contribution in [0.2, 0.25) is 0 Å². The molecule has 0 rings (SSSR count). The average Bonchev–Trinajstić information content (AvgIpc) is 1.59. The second kappa shape index (κ2) is 2.75. The Morgan fingerprint density at radius 2 is 1.89 bits per heavy atom. The highest BCUT2D eigenvalue weighted by molar-refractivity contribution is 4.86. The lowest BCUT2D eigenvalue weighted by Crippen LogP contribution is -2.08. The molecule has 0 saturated heterocycles. The van der Waals surface area contributed by atoms with Crippen LogP contribution in [0.5, 0.6) is 0 Å². The Morgan fingerprint density at radius 1 is 1.44 bits per heavy atom. The molecule has 0 unspecified atom stereocenters. The summed E-state index contributed by atoms with van der Waals surface area (Å²) < 4.78 is 34.0. The first-order valence-electron chi connectivity index (χ1n) is 2.42. The van der Waals surface area contributed by atoms with Gasteiger partial charge in [0.05, 0.1) is 0 Å². The van der Waals surface area contributed by atoms with Gasteiger partial charge in [-0.1, -0.05) is 6.58 Å². The van der Waals surface area contributed by atoms with Gasteiger partial charge >= 0.3 is 6.18 Å². The van der Waals surface area contributed by atoms with E-state index in [-0.39, 0.29) is 12.1 Å². The highest BCUT2D eigenvalue weighted by Crippen LogP contribution is 2.21. The van der Waals surface area contributed by atoms with E-state index in [1.165, 1.54) is 0 Å². The molecule has 0 aromatic rings. The molecule has 4 heteroatoms. The van der Waals surface area contributed by atoms with Gasteiger partial charge in [0.15, 0.2) is 0 Å². The second-order valence-corrected chi connectivity index (χ2v) is 1.77. The summed E-state index contributed by atoms with van der Waals surface area (Å²) in [5.74, 6) is 0. The van der Waals surface area contributed by atoms with E-state index in [0.29, 0.717) is 0 Å². The van der Waals surface area contributed by atoms with E-state index in [1.54, 1.807) is 0 Å². The maximum Gasteiger partial charge on any atom is 0.389 e. The minimum atomic E-state index is -4.11. The lowest BCUT2D eigenvalue weighted by atomic mass is 10.2. The van der Waals surface area contributed by atoms with Gasteiger partial charge in [-0.25, -0.2) is 0 Å². The van der Waals surface area contributed by atoms with Crippen molar-refractivity contribution in [1.82, 2.24) is 0 Å². The van der Waals surface area contributed by atoms with Gasteiger partial charge in [-0.05, 0) is 6.42 Å². The molecule has 0 aromatic carbocycles. The molecule has 0 atom stereocenters. The van der Waals surface area contributed by atoms with E-state index in [4.69, 9.17) is 5.73 Å². The van der Waals surface area contributed by atoms with Crippen LogP contribution in [0.1, 0.15) is 12.8 Å². The Labute approximate surface area is 51.3 Å². The predicted octanol–water partition coefficient (Wildman–Crippen LogP) is 1.80. The number of rotatable bonds is 2. The molecule has 0 bridgehead atoms. The molecule has 0 aromatic heterocycles. The number of allylic oxidation sites excluding steroid dienone is 1. The third-order valence-corrected chi connectivity index (χ3v) is 0.730. The summed E-state index contributed by atoms with van der Waals surface area (Å²) in [6.07, 6.45) is -5.16. The van der Waals surface area contributed by atoms with Crippen molar-refractivity contribution >= 4 is 0 Å². The first-order valence-corrected chi connectivity index (χ1v) is 2.42. The van der Waals surface area contributed by atoms with E-state index in [2.05, 4.69) is 6.58 Å². The molecule has 0 saturated carbocycles. The molecule has 2 N–H and O–H groups in total. The van der Waals surface area contributed by atoms with Crippen LogP contribution in [-0.4, -0.2) is 6.18 Å². The fourth-order valence-electron chi connectivity index (χ4n) is 0.302. The zero-order valence-corrected chi connectivity index (χ0v) is 4.83. The summed E-state index contributed by atoms with van der Waals surface area (Å²) in [5.41, 5.74) is 4.98. The number of nitrogens with two attached hydrogens (primary N) is 1. The monoisotopic (exact) mass is 139 g/mol. The lowest BCUT2D eigenvalue weighted by Gasteiger charge is -2.03. The molecule has 0 amide bonds. The minimum Gasteiger partial charge on any atom is -0.403 e. The first kappa shape index (κ1) is 8.33. The molecule has 9 heavy (non-hydrogen) atoms. The van der Waals surface area contributed by atoms with Crippen molar-refractivity contribution < 1.29 is 13.2 Å². The smallest absolute Gasteiger partial charge is 0.389 e. The molecule has 0 fully saturated rings. The fourth-order valence-corrected chi connectivity index (χ4v) is 0.302. The van der Waals surface area contributed by atoms with E-state index < -0.39 is 12.6 Å². The molecular formula is C5H8F3N. The number of alkyl halides is 3. The minimum absolute atomic E-state index is 0.0762. The summed E-state index contributed by atoms with van der Waals surface area (Å²) >= 11 is 0. The van der Waals surface area contributed by atoms with Gasteiger partial charge in [-0.2, -0.15) is 13.2 Å². The van der Waals surface area contributed by atoms with E-state index in [1.807, 2.05) is 0 Å². The van der Waals surface area contributed by atoms with E-state index >= 15 is 0 Å². The molecule has 0 aliphatic rings. The third kappa shape index (κ3) is 7.33. The van der Waals surface area contributed by atoms with Crippen LogP contribution in [0.3, 0.4) is 0 Å².